The first-order valence-electron chi connectivity index (χ1n) is 10.2. The van der Waals surface area contributed by atoms with Gasteiger partial charge in [0.2, 0.25) is 0 Å². The molecule has 0 unspecified atom stereocenters. The average Bonchev–Trinajstić information content (AvgIpc) is 2.92. The maximum absolute atomic E-state index is 12.3. The number of ketones is 1. The van der Waals surface area contributed by atoms with Crippen LogP contribution in [0, 0.1) is 40.4 Å². The van der Waals surface area contributed by atoms with Crippen LogP contribution >= 0.6 is 0 Å². The number of Topliss-reactive ketones (excluding diaryl/α,β-unsaturated/α-hetero) is 1. The van der Waals surface area contributed by atoms with E-state index < -0.39 is 0 Å². The number of hydrogen-bond donors (Lipinski definition) is 2. The smallest absolute Gasteiger partial charge is 0.161 e. The number of aliphatic hydroxyl groups excluding tert-OH is 2. The Morgan fingerprint density at radius 2 is 1.67 bits per heavy atom. The van der Waals surface area contributed by atoms with Gasteiger partial charge in [0.1, 0.15) is 6.61 Å². The molecule has 0 amide bonds. The van der Waals surface area contributed by atoms with E-state index in [0.29, 0.717) is 17.3 Å². The molecule has 3 nitrogen and oxygen atoms in total. The molecule has 4 saturated carbocycles. The van der Waals surface area contributed by atoms with Crippen molar-refractivity contribution in [3.8, 4) is 0 Å². The van der Waals surface area contributed by atoms with Gasteiger partial charge in [0.15, 0.2) is 5.78 Å². The van der Waals surface area contributed by atoms with Crippen molar-refractivity contribution in [3.05, 3.63) is 0 Å². The first-order chi connectivity index (χ1) is 11.4. The van der Waals surface area contributed by atoms with Gasteiger partial charge in [-0.05, 0) is 92.3 Å². The summed E-state index contributed by atoms with van der Waals surface area (Å²) in [7, 11) is 0. The second kappa shape index (κ2) is 5.81. The summed E-state index contributed by atoms with van der Waals surface area (Å²) >= 11 is 0. The van der Waals surface area contributed by atoms with Crippen molar-refractivity contribution in [2.45, 2.75) is 77.7 Å². The van der Waals surface area contributed by atoms with E-state index in [1.807, 2.05) is 0 Å². The molecule has 4 aliphatic carbocycles. The molecular formula is C21H34O3. The first-order valence-corrected chi connectivity index (χ1v) is 10.2. The summed E-state index contributed by atoms with van der Waals surface area (Å²) in [6.45, 7) is 4.57. The SMILES string of the molecule is C[C@]12CC[C@@H](O)C[C@@H]1CC[C@H]1[C@H]3CC[C@H](C(=O)CO)[C@@]3(C)CC[C@@H]12. The van der Waals surface area contributed by atoms with Crippen LogP contribution in [0.4, 0.5) is 0 Å². The van der Waals surface area contributed by atoms with Gasteiger partial charge in [-0.15, -0.1) is 0 Å². The Labute approximate surface area is 146 Å². The van der Waals surface area contributed by atoms with Crippen molar-refractivity contribution in [2.75, 3.05) is 6.61 Å². The zero-order valence-corrected chi connectivity index (χ0v) is 15.3. The molecule has 0 bridgehead atoms. The fraction of sp³-hybridized carbons (Fsp3) is 0.952. The third kappa shape index (κ3) is 2.26. The van der Waals surface area contributed by atoms with Crippen LogP contribution in [0.1, 0.15) is 71.6 Å². The normalized spacial score (nSPS) is 53.8. The van der Waals surface area contributed by atoms with E-state index in [0.717, 1.165) is 37.5 Å². The standard InChI is InChI=1S/C21H34O3/c1-20-9-7-14(23)11-13(20)3-4-15-16-5-6-18(19(24)12-22)21(16,2)10-8-17(15)20/h13-18,22-23H,3-12H2,1-2H3/t13-,14+,15-,16+,17-,18+,20-,21-/m0/s1. The van der Waals surface area contributed by atoms with Crippen LogP contribution in [0.3, 0.4) is 0 Å². The zero-order chi connectivity index (χ0) is 17.1. The molecule has 3 heteroatoms. The second-order valence-corrected chi connectivity index (χ2v) is 9.88. The zero-order valence-electron chi connectivity index (χ0n) is 15.3. The van der Waals surface area contributed by atoms with E-state index in [4.69, 9.17) is 0 Å². The third-order valence-electron chi connectivity index (χ3n) is 9.18. The van der Waals surface area contributed by atoms with Gasteiger partial charge in [-0.1, -0.05) is 13.8 Å². The molecule has 8 atom stereocenters. The lowest BCUT2D eigenvalue weighted by molar-refractivity contribution is -0.141. The van der Waals surface area contributed by atoms with Crippen molar-refractivity contribution in [2.24, 2.45) is 40.4 Å². The molecule has 0 aromatic rings. The van der Waals surface area contributed by atoms with E-state index in [9.17, 15) is 15.0 Å². The van der Waals surface area contributed by atoms with Gasteiger partial charge in [-0.25, -0.2) is 0 Å². The van der Waals surface area contributed by atoms with Crippen molar-refractivity contribution in [3.63, 3.8) is 0 Å². The van der Waals surface area contributed by atoms with Crippen LogP contribution in [0.25, 0.3) is 0 Å². The van der Waals surface area contributed by atoms with Crippen molar-refractivity contribution in [1.82, 2.24) is 0 Å². The first kappa shape index (κ1) is 17.0. The molecule has 0 aliphatic heterocycles. The van der Waals surface area contributed by atoms with Crippen LogP contribution in [0.15, 0.2) is 0 Å². The van der Waals surface area contributed by atoms with Gasteiger partial charge in [0.25, 0.3) is 0 Å². The van der Waals surface area contributed by atoms with Gasteiger partial charge in [0, 0.05) is 5.92 Å². The predicted octanol–water partition coefficient (Wildman–Crippen LogP) is 3.57. The number of hydrogen-bond acceptors (Lipinski definition) is 3. The topological polar surface area (TPSA) is 57.5 Å². The van der Waals surface area contributed by atoms with Crippen molar-refractivity contribution in [1.29, 1.82) is 0 Å². The Kier molecular flexibility index (Phi) is 4.12. The van der Waals surface area contributed by atoms with E-state index in [1.54, 1.807) is 0 Å². The molecule has 0 saturated heterocycles. The molecule has 24 heavy (non-hydrogen) atoms. The molecule has 0 aromatic carbocycles. The Bertz CT molecular complexity index is 517. The highest BCUT2D eigenvalue weighted by Crippen LogP contribution is 2.67. The van der Waals surface area contributed by atoms with Crippen molar-refractivity contribution >= 4 is 5.78 Å². The fourth-order valence-corrected chi connectivity index (χ4v) is 7.87. The van der Waals surface area contributed by atoms with E-state index >= 15 is 0 Å². The van der Waals surface area contributed by atoms with Gasteiger partial charge in [0.05, 0.1) is 6.10 Å². The third-order valence-corrected chi connectivity index (χ3v) is 9.18. The predicted molar refractivity (Wildman–Crippen MR) is 93.3 cm³/mol. The van der Waals surface area contributed by atoms with E-state index in [-0.39, 0.29) is 29.8 Å². The lowest BCUT2D eigenvalue weighted by Crippen LogP contribution is -2.54. The van der Waals surface area contributed by atoms with Crippen molar-refractivity contribution < 1.29 is 15.0 Å². The summed E-state index contributed by atoms with van der Waals surface area (Å²) in [6.07, 6.45) is 10.2. The molecule has 0 heterocycles. The number of carbonyl (C=O) groups is 1. The maximum atomic E-state index is 12.3. The summed E-state index contributed by atoms with van der Waals surface area (Å²) in [5, 5.41) is 19.5. The van der Waals surface area contributed by atoms with Gasteiger partial charge < -0.3 is 10.2 Å². The summed E-state index contributed by atoms with van der Waals surface area (Å²) in [5.41, 5.74) is 0.529. The monoisotopic (exact) mass is 334 g/mol. The van der Waals surface area contributed by atoms with Gasteiger partial charge in [-0.3, -0.25) is 4.79 Å². The number of rotatable bonds is 2. The van der Waals surface area contributed by atoms with Crippen LogP contribution in [0.2, 0.25) is 0 Å². The van der Waals surface area contributed by atoms with Gasteiger partial charge >= 0.3 is 0 Å². The van der Waals surface area contributed by atoms with Gasteiger partial charge in [-0.2, -0.15) is 0 Å². The number of carbonyl (C=O) groups excluding carboxylic acids is 1. The summed E-state index contributed by atoms with van der Waals surface area (Å²) in [6, 6.07) is 0. The molecule has 4 rings (SSSR count). The van der Waals surface area contributed by atoms with Crippen LogP contribution in [0.5, 0.6) is 0 Å². The number of aliphatic hydroxyl groups is 2. The van der Waals surface area contributed by atoms with Crippen LogP contribution in [-0.2, 0) is 4.79 Å². The minimum Gasteiger partial charge on any atom is -0.393 e. The average molecular weight is 335 g/mol. The lowest BCUT2D eigenvalue weighted by atomic mass is 9.44. The highest BCUT2D eigenvalue weighted by atomic mass is 16.3. The minimum atomic E-state index is -0.279. The summed E-state index contributed by atoms with van der Waals surface area (Å²) < 4.78 is 0. The molecule has 2 N–H and O–H groups in total. The van der Waals surface area contributed by atoms with Crippen LogP contribution < -0.4 is 0 Å². The van der Waals surface area contributed by atoms with E-state index in [2.05, 4.69) is 13.8 Å². The Morgan fingerprint density at radius 1 is 0.958 bits per heavy atom. The molecule has 0 spiro atoms. The molecular weight excluding hydrogens is 300 g/mol. The van der Waals surface area contributed by atoms with Crippen LogP contribution in [-0.4, -0.2) is 28.7 Å². The fourth-order valence-electron chi connectivity index (χ4n) is 7.87. The molecule has 0 radical (unpaired) electrons. The molecule has 4 aliphatic rings. The number of fused-ring (bicyclic) bond motifs is 5. The summed E-state index contributed by atoms with van der Waals surface area (Å²) in [5.74, 6) is 3.08. The Hall–Kier alpha value is -0.410. The molecule has 4 fully saturated rings. The highest BCUT2D eigenvalue weighted by molar-refractivity contribution is 5.83. The Balaban J connectivity index is 1.60. The highest BCUT2D eigenvalue weighted by Gasteiger charge is 2.60. The minimum absolute atomic E-state index is 0.0773. The van der Waals surface area contributed by atoms with E-state index in [1.165, 1.54) is 32.1 Å². The largest absolute Gasteiger partial charge is 0.393 e. The lowest BCUT2D eigenvalue weighted by Gasteiger charge is -2.60. The molecule has 136 valence electrons. The maximum Gasteiger partial charge on any atom is 0.161 e. The second-order valence-electron chi connectivity index (χ2n) is 9.88. The Morgan fingerprint density at radius 3 is 2.42 bits per heavy atom. The molecule has 0 aromatic heterocycles. The summed E-state index contributed by atoms with van der Waals surface area (Å²) in [4.78, 5) is 12.3. The quantitative estimate of drug-likeness (QED) is 0.812.